The molecule has 6 heteroatoms. The highest BCUT2D eigenvalue weighted by Gasteiger charge is 2.14. The summed E-state index contributed by atoms with van der Waals surface area (Å²) in [5.74, 6) is -0.168. The van der Waals surface area contributed by atoms with Crippen LogP contribution in [-0.2, 0) is 7.05 Å². The number of para-hydroxylation sites is 1. The van der Waals surface area contributed by atoms with Crippen molar-refractivity contribution in [3.05, 3.63) is 69.6 Å². The van der Waals surface area contributed by atoms with Gasteiger partial charge in [0.25, 0.3) is 0 Å². The van der Waals surface area contributed by atoms with Crippen LogP contribution >= 0.6 is 11.3 Å². The average Bonchev–Trinajstić information content (AvgIpc) is 3.14. The van der Waals surface area contributed by atoms with Crippen LogP contribution in [0, 0.1) is 5.82 Å². The first-order valence-corrected chi connectivity index (χ1v) is 8.48. The summed E-state index contributed by atoms with van der Waals surface area (Å²) in [6.07, 6.45) is 3.69. The van der Waals surface area contributed by atoms with Crippen LogP contribution in [-0.4, -0.2) is 15.9 Å². The van der Waals surface area contributed by atoms with Crippen LogP contribution in [0.4, 0.5) is 15.8 Å². The van der Waals surface area contributed by atoms with E-state index in [2.05, 4.69) is 9.98 Å². The summed E-state index contributed by atoms with van der Waals surface area (Å²) >= 11 is 1.36. The molecule has 1 N–H and O–H groups in total. The maximum absolute atomic E-state index is 13.0. The lowest BCUT2D eigenvalue weighted by Crippen LogP contribution is -2.08. The van der Waals surface area contributed by atoms with Crippen LogP contribution in [0.5, 0.6) is 5.88 Å². The highest BCUT2D eigenvalue weighted by molar-refractivity contribution is 7.10. The van der Waals surface area contributed by atoms with Gasteiger partial charge in [0.2, 0.25) is 5.88 Å². The van der Waals surface area contributed by atoms with E-state index >= 15 is 0 Å². The monoisotopic (exact) mass is 351 g/mol. The number of allylic oxidation sites excluding steroid dienone is 1. The Labute approximate surface area is 147 Å². The van der Waals surface area contributed by atoms with Crippen molar-refractivity contribution >= 4 is 40.6 Å². The van der Waals surface area contributed by atoms with E-state index in [1.165, 1.54) is 23.5 Å². The van der Waals surface area contributed by atoms with Gasteiger partial charge in [-0.25, -0.2) is 9.38 Å². The number of aromatic nitrogens is 1. The Kier molecular flexibility index (Phi) is 3.82. The highest BCUT2D eigenvalue weighted by Crippen LogP contribution is 2.34. The van der Waals surface area contributed by atoms with E-state index < -0.39 is 0 Å². The normalized spacial score (nSPS) is 15.1. The SMILES string of the molecule is Cn1c(O)c(/C=C2\C=Nc3ccccc32)sc1=Nc1ccc(F)cc1. The zero-order valence-electron chi connectivity index (χ0n) is 13.3. The first-order chi connectivity index (χ1) is 12.1. The molecule has 0 atom stereocenters. The number of benzene rings is 2. The molecule has 0 radical (unpaired) electrons. The maximum atomic E-state index is 13.0. The summed E-state index contributed by atoms with van der Waals surface area (Å²) in [6, 6.07) is 13.8. The molecule has 0 saturated carbocycles. The van der Waals surface area contributed by atoms with E-state index in [4.69, 9.17) is 0 Å². The average molecular weight is 351 g/mol. The topological polar surface area (TPSA) is 49.9 Å². The molecule has 3 aromatic rings. The number of hydrogen-bond donors (Lipinski definition) is 1. The van der Waals surface area contributed by atoms with Crippen LogP contribution in [0.1, 0.15) is 10.4 Å². The highest BCUT2D eigenvalue weighted by atomic mass is 32.1. The molecular formula is C19H14FN3OS. The molecule has 2 aromatic carbocycles. The smallest absolute Gasteiger partial charge is 0.210 e. The third kappa shape index (κ3) is 2.92. The number of hydrogen-bond acceptors (Lipinski definition) is 4. The van der Waals surface area contributed by atoms with Crippen molar-refractivity contribution in [1.29, 1.82) is 0 Å². The molecule has 0 amide bonds. The van der Waals surface area contributed by atoms with Gasteiger partial charge in [-0.15, -0.1) is 0 Å². The number of aliphatic imine (C=N–C) groups is 1. The Morgan fingerprint density at radius 2 is 1.92 bits per heavy atom. The van der Waals surface area contributed by atoms with Crippen molar-refractivity contribution < 1.29 is 9.50 Å². The molecule has 4 nitrogen and oxygen atoms in total. The van der Waals surface area contributed by atoms with Crippen LogP contribution in [0.15, 0.2) is 58.5 Å². The van der Waals surface area contributed by atoms with E-state index in [0.717, 1.165) is 16.8 Å². The Balaban J connectivity index is 1.77. The molecule has 1 aromatic heterocycles. The molecule has 2 heterocycles. The fraction of sp³-hybridized carbons (Fsp3) is 0.0526. The summed E-state index contributed by atoms with van der Waals surface area (Å²) in [7, 11) is 1.74. The molecule has 1 aliphatic heterocycles. The fourth-order valence-corrected chi connectivity index (χ4v) is 3.57. The van der Waals surface area contributed by atoms with E-state index in [-0.39, 0.29) is 11.7 Å². The second-order valence-electron chi connectivity index (χ2n) is 5.59. The standard InChI is InChI=1S/C19H14FN3OS/c1-23-18(24)17(10-12-11-21-16-5-3-2-4-15(12)16)25-19(23)22-14-8-6-13(20)7-9-14/h2-11,24H,1H3/b12-10+,22-19?. The molecule has 0 unspecified atom stereocenters. The van der Waals surface area contributed by atoms with Crippen molar-refractivity contribution in [1.82, 2.24) is 4.57 Å². The Morgan fingerprint density at radius 3 is 2.72 bits per heavy atom. The first-order valence-electron chi connectivity index (χ1n) is 7.66. The summed E-state index contributed by atoms with van der Waals surface area (Å²) in [4.78, 5) is 10.2. The van der Waals surface area contributed by atoms with Gasteiger partial charge in [0, 0.05) is 24.4 Å². The van der Waals surface area contributed by atoms with E-state index in [1.54, 1.807) is 30.0 Å². The molecule has 4 rings (SSSR count). The molecule has 124 valence electrons. The van der Waals surface area contributed by atoms with Gasteiger partial charge in [-0.3, -0.25) is 9.56 Å². The molecule has 0 fully saturated rings. The van der Waals surface area contributed by atoms with Gasteiger partial charge in [-0.1, -0.05) is 29.5 Å². The fourth-order valence-electron chi connectivity index (χ4n) is 2.58. The van der Waals surface area contributed by atoms with E-state index in [0.29, 0.717) is 15.4 Å². The predicted octanol–water partition coefficient (Wildman–Crippen LogP) is 4.42. The predicted molar refractivity (Wildman–Crippen MR) is 99.0 cm³/mol. The van der Waals surface area contributed by atoms with E-state index in [1.807, 2.05) is 30.3 Å². The van der Waals surface area contributed by atoms with Crippen molar-refractivity contribution in [3.8, 4) is 5.88 Å². The number of fused-ring (bicyclic) bond motifs is 1. The molecular weight excluding hydrogens is 337 g/mol. The largest absolute Gasteiger partial charge is 0.493 e. The van der Waals surface area contributed by atoms with Gasteiger partial charge in [0.05, 0.1) is 16.3 Å². The van der Waals surface area contributed by atoms with Crippen molar-refractivity contribution in [2.75, 3.05) is 0 Å². The van der Waals surface area contributed by atoms with Gasteiger partial charge in [0.15, 0.2) is 4.80 Å². The van der Waals surface area contributed by atoms with Crippen molar-refractivity contribution in [2.24, 2.45) is 17.0 Å². The van der Waals surface area contributed by atoms with Gasteiger partial charge in [0.1, 0.15) is 5.82 Å². The number of rotatable bonds is 2. The Hall–Kier alpha value is -2.99. The lowest BCUT2D eigenvalue weighted by Gasteiger charge is -1.98. The molecule has 0 saturated heterocycles. The third-order valence-corrected chi connectivity index (χ3v) is 4.99. The number of halogens is 1. The first kappa shape index (κ1) is 15.5. The molecule has 0 aliphatic carbocycles. The van der Waals surface area contributed by atoms with Crippen LogP contribution in [0.25, 0.3) is 11.6 Å². The molecule has 1 aliphatic rings. The Bertz CT molecular complexity index is 1070. The number of aromatic hydroxyl groups is 1. The minimum atomic E-state index is -0.304. The third-order valence-electron chi connectivity index (χ3n) is 3.92. The second-order valence-corrected chi connectivity index (χ2v) is 6.60. The number of nitrogens with zero attached hydrogens (tertiary/aromatic N) is 3. The Morgan fingerprint density at radius 1 is 1.16 bits per heavy atom. The summed E-state index contributed by atoms with van der Waals surface area (Å²) < 4.78 is 14.6. The van der Waals surface area contributed by atoms with Crippen LogP contribution in [0.3, 0.4) is 0 Å². The van der Waals surface area contributed by atoms with Gasteiger partial charge in [-0.2, -0.15) is 0 Å². The van der Waals surface area contributed by atoms with Gasteiger partial charge < -0.3 is 5.11 Å². The quantitative estimate of drug-likeness (QED) is 0.730. The second kappa shape index (κ2) is 6.14. The minimum Gasteiger partial charge on any atom is -0.493 e. The summed E-state index contributed by atoms with van der Waals surface area (Å²) in [5.41, 5.74) is 3.53. The van der Waals surface area contributed by atoms with Crippen molar-refractivity contribution in [2.45, 2.75) is 0 Å². The van der Waals surface area contributed by atoms with Gasteiger partial charge in [-0.05, 0) is 36.4 Å². The zero-order valence-corrected chi connectivity index (χ0v) is 14.2. The molecule has 0 bridgehead atoms. The minimum absolute atomic E-state index is 0.135. The molecule has 25 heavy (non-hydrogen) atoms. The van der Waals surface area contributed by atoms with Crippen molar-refractivity contribution in [3.63, 3.8) is 0 Å². The van der Waals surface area contributed by atoms with Gasteiger partial charge >= 0.3 is 0 Å². The maximum Gasteiger partial charge on any atom is 0.210 e. The lowest BCUT2D eigenvalue weighted by molar-refractivity contribution is 0.427. The number of thiazole rings is 1. The lowest BCUT2D eigenvalue weighted by atomic mass is 10.1. The molecule has 0 spiro atoms. The van der Waals surface area contributed by atoms with Crippen LogP contribution < -0.4 is 4.80 Å². The van der Waals surface area contributed by atoms with Crippen LogP contribution in [0.2, 0.25) is 0 Å². The summed E-state index contributed by atoms with van der Waals surface area (Å²) in [6.45, 7) is 0. The summed E-state index contributed by atoms with van der Waals surface area (Å²) in [5, 5.41) is 10.4. The zero-order chi connectivity index (χ0) is 17.4. The van der Waals surface area contributed by atoms with E-state index in [9.17, 15) is 9.50 Å².